The number of carbonyl (C=O) groups excluding carboxylic acids is 1. The number of pyridine rings is 1. The van der Waals surface area contributed by atoms with Crippen LogP contribution in [0.4, 0.5) is 0 Å². The molecule has 7 heteroatoms. The lowest BCUT2D eigenvalue weighted by Gasteiger charge is -2.34. The second-order valence-electron chi connectivity index (χ2n) is 7.60. The highest BCUT2D eigenvalue weighted by Crippen LogP contribution is 2.12. The van der Waals surface area contributed by atoms with Crippen LogP contribution in [0.5, 0.6) is 0 Å². The van der Waals surface area contributed by atoms with Gasteiger partial charge in [-0.2, -0.15) is 0 Å². The Bertz CT molecular complexity index is 853. The van der Waals surface area contributed by atoms with Gasteiger partial charge in [0, 0.05) is 38.9 Å². The van der Waals surface area contributed by atoms with Gasteiger partial charge in [0.25, 0.3) is 11.5 Å². The van der Waals surface area contributed by atoms with Crippen molar-refractivity contribution in [2.24, 2.45) is 5.92 Å². The summed E-state index contributed by atoms with van der Waals surface area (Å²) >= 11 is 0. The van der Waals surface area contributed by atoms with Crippen LogP contribution >= 0.6 is 0 Å². The molecule has 0 bridgehead atoms. The molecule has 0 spiro atoms. The SMILES string of the molecule is CCCCN1CCN(C(=O)c2nc3cccnc3n(CC(C)C)c2=O)CC1. The van der Waals surface area contributed by atoms with E-state index in [2.05, 4.69) is 21.8 Å². The van der Waals surface area contributed by atoms with Crippen LogP contribution in [0, 0.1) is 5.92 Å². The molecule has 2 aromatic rings. The van der Waals surface area contributed by atoms with E-state index in [1.165, 1.54) is 12.8 Å². The summed E-state index contributed by atoms with van der Waals surface area (Å²) in [5, 5.41) is 0. The number of rotatable bonds is 6. The van der Waals surface area contributed by atoms with Gasteiger partial charge in [0.1, 0.15) is 5.52 Å². The van der Waals surface area contributed by atoms with Crippen LogP contribution in [0.2, 0.25) is 0 Å². The third-order valence-corrected chi connectivity index (χ3v) is 4.94. The van der Waals surface area contributed by atoms with Crippen LogP contribution in [0.1, 0.15) is 44.1 Å². The van der Waals surface area contributed by atoms with Gasteiger partial charge in [0.2, 0.25) is 0 Å². The van der Waals surface area contributed by atoms with E-state index in [1.54, 1.807) is 27.8 Å². The summed E-state index contributed by atoms with van der Waals surface area (Å²) in [6.45, 7) is 10.8. The van der Waals surface area contributed by atoms with Gasteiger partial charge in [-0.1, -0.05) is 27.2 Å². The number of piperazine rings is 1. The van der Waals surface area contributed by atoms with E-state index in [0.717, 1.165) is 19.6 Å². The van der Waals surface area contributed by atoms with Gasteiger partial charge in [-0.05, 0) is 31.0 Å². The molecule has 0 radical (unpaired) electrons. The van der Waals surface area contributed by atoms with Crippen molar-refractivity contribution in [2.45, 2.75) is 40.2 Å². The number of hydrogen-bond donors (Lipinski definition) is 0. The third kappa shape index (κ3) is 4.35. The smallest absolute Gasteiger partial charge is 0.283 e. The van der Waals surface area contributed by atoms with E-state index >= 15 is 0 Å². The van der Waals surface area contributed by atoms with Crippen LogP contribution in [-0.2, 0) is 6.54 Å². The van der Waals surface area contributed by atoms with Crippen molar-refractivity contribution in [1.82, 2.24) is 24.3 Å². The standard InChI is InChI=1S/C20H29N5O2/c1-4-5-9-23-10-12-24(13-11-23)19(26)17-20(27)25(14-15(2)3)18-16(22-17)7-6-8-21-18/h6-8,15H,4-5,9-14H2,1-3H3. The lowest BCUT2D eigenvalue weighted by Crippen LogP contribution is -2.50. The first kappa shape index (κ1) is 19.5. The predicted molar refractivity (Wildman–Crippen MR) is 106 cm³/mol. The number of unbranched alkanes of at least 4 members (excludes halogenated alkanes) is 1. The molecular formula is C20H29N5O2. The lowest BCUT2D eigenvalue weighted by molar-refractivity contribution is 0.0627. The fraction of sp³-hybridized carbons (Fsp3) is 0.600. The van der Waals surface area contributed by atoms with Crippen LogP contribution in [0.25, 0.3) is 11.2 Å². The molecule has 1 aliphatic heterocycles. The number of fused-ring (bicyclic) bond motifs is 1. The van der Waals surface area contributed by atoms with Crippen molar-refractivity contribution < 1.29 is 4.79 Å². The number of carbonyl (C=O) groups is 1. The van der Waals surface area contributed by atoms with E-state index in [-0.39, 0.29) is 23.1 Å². The highest BCUT2D eigenvalue weighted by Gasteiger charge is 2.26. The molecular weight excluding hydrogens is 342 g/mol. The monoisotopic (exact) mass is 371 g/mol. The van der Waals surface area contributed by atoms with Gasteiger partial charge < -0.3 is 4.90 Å². The minimum Gasteiger partial charge on any atom is -0.335 e. The molecule has 3 heterocycles. The molecule has 2 aromatic heterocycles. The van der Waals surface area contributed by atoms with Gasteiger partial charge in [-0.15, -0.1) is 0 Å². The fourth-order valence-electron chi connectivity index (χ4n) is 3.46. The number of hydrogen-bond acceptors (Lipinski definition) is 5. The van der Waals surface area contributed by atoms with Crippen LogP contribution in [0.15, 0.2) is 23.1 Å². The molecule has 1 aliphatic rings. The molecule has 0 unspecified atom stereocenters. The van der Waals surface area contributed by atoms with Crippen molar-refractivity contribution in [1.29, 1.82) is 0 Å². The molecule has 1 fully saturated rings. The summed E-state index contributed by atoms with van der Waals surface area (Å²) in [5.74, 6) is -0.00114. The van der Waals surface area contributed by atoms with Gasteiger partial charge >= 0.3 is 0 Å². The molecule has 146 valence electrons. The fourth-order valence-corrected chi connectivity index (χ4v) is 3.46. The second-order valence-corrected chi connectivity index (χ2v) is 7.60. The van der Waals surface area contributed by atoms with Gasteiger partial charge in [-0.25, -0.2) is 9.97 Å². The van der Waals surface area contributed by atoms with Gasteiger partial charge in [0.15, 0.2) is 11.3 Å². The Morgan fingerprint density at radius 1 is 1.22 bits per heavy atom. The first-order valence-electron chi connectivity index (χ1n) is 9.88. The molecule has 0 aliphatic carbocycles. The topological polar surface area (TPSA) is 71.3 Å². The van der Waals surface area contributed by atoms with E-state index in [9.17, 15) is 9.59 Å². The Labute approximate surface area is 160 Å². The second kappa shape index (κ2) is 8.61. The summed E-state index contributed by atoms with van der Waals surface area (Å²) in [4.78, 5) is 38.9. The Morgan fingerprint density at radius 2 is 1.96 bits per heavy atom. The van der Waals surface area contributed by atoms with Gasteiger partial charge in [0.05, 0.1) is 0 Å². The lowest BCUT2D eigenvalue weighted by atomic mass is 10.2. The molecule has 0 atom stereocenters. The molecule has 7 nitrogen and oxygen atoms in total. The average molecular weight is 371 g/mol. The highest BCUT2D eigenvalue weighted by atomic mass is 16.2. The number of aromatic nitrogens is 3. The summed E-state index contributed by atoms with van der Waals surface area (Å²) in [7, 11) is 0. The van der Waals surface area contributed by atoms with Crippen molar-refractivity contribution in [2.75, 3.05) is 32.7 Å². The normalized spacial score (nSPS) is 15.6. The maximum Gasteiger partial charge on any atom is 0.283 e. The third-order valence-electron chi connectivity index (χ3n) is 4.94. The summed E-state index contributed by atoms with van der Waals surface area (Å²) in [5.41, 5.74) is 0.797. The molecule has 1 saturated heterocycles. The maximum absolute atomic E-state index is 13.0. The minimum atomic E-state index is -0.340. The molecule has 1 amide bonds. The average Bonchev–Trinajstić information content (AvgIpc) is 2.68. The molecule has 27 heavy (non-hydrogen) atoms. The van der Waals surface area contributed by atoms with Crippen molar-refractivity contribution in [3.63, 3.8) is 0 Å². The Morgan fingerprint density at radius 3 is 2.63 bits per heavy atom. The number of nitrogens with zero attached hydrogens (tertiary/aromatic N) is 5. The minimum absolute atomic E-state index is 0.0122. The zero-order valence-corrected chi connectivity index (χ0v) is 16.5. The van der Waals surface area contributed by atoms with Crippen molar-refractivity contribution in [3.05, 3.63) is 34.4 Å². The largest absolute Gasteiger partial charge is 0.335 e. The maximum atomic E-state index is 13.0. The summed E-state index contributed by atoms with van der Waals surface area (Å²) in [6, 6.07) is 3.58. The van der Waals surface area contributed by atoms with Gasteiger partial charge in [-0.3, -0.25) is 19.1 Å². The summed E-state index contributed by atoms with van der Waals surface area (Å²) < 4.78 is 1.59. The Kier molecular flexibility index (Phi) is 6.21. The molecule has 0 N–H and O–H groups in total. The van der Waals surface area contributed by atoms with Crippen LogP contribution in [-0.4, -0.2) is 63.0 Å². The van der Waals surface area contributed by atoms with E-state index < -0.39 is 0 Å². The van der Waals surface area contributed by atoms with E-state index in [1.807, 2.05) is 13.8 Å². The highest BCUT2D eigenvalue weighted by molar-refractivity contribution is 5.93. The molecule has 3 rings (SSSR count). The number of amides is 1. The van der Waals surface area contributed by atoms with Crippen LogP contribution < -0.4 is 5.56 Å². The quantitative estimate of drug-likeness (QED) is 0.777. The zero-order valence-electron chi connectivity index (χ0n) is 16.5. The zero-order chi connectivity index (χ0) is 19.4. The summed E-state index contributed by atoms with van der Waals surface area (Å²) in [6.07, 6.45) is 3.99. The van der Waals surface area contributed by atoms with Crippen molar-refractivity contribution >= 4 is 17.1 Å². The Balaban J connectivity index is 1.87. The van der Waals surface area contributed by atoms with E-state index in [0.29, 0.717) is 30.8 Å². The predicted octanol–water partition coefficient (Wildman–Crippen LogP) is 2.01. The Hall–Kier alpha value is -2.28. The van der Waals surface area contributed by atoms with E-state index in [4.69, 9.17) is 0 Å². The van der Waals surface area contributed by atoms with Crippen LogP contribution in [0.3, 0.4) is 0 Å². The molecule has 0 saturated carbocycles. The first-order chi connectivity index (χ1) is 13.0. The first-order valence-corrected chi connectivity index (χ1v) is 9.88. The molecule has 0 aromatic carbocycles. The van der Waals surface area contributed by atoms with Crippen molar-refractivity contribution in [3.8, 4) is 0 Å².